The maximum absolute atomic E-state index is 11.2. The van der Waals surface area contributed by atoms with Gasteiger partial charge in [-0.3, -0.25) is 9.78 Å². The number of nitrogens with one attached hydrogen (secondary N) is 2. The fourth-order valence-electron chi connectivity index (χ4n) is 0.968. The molecule has 72 valence electrons. The smallest absolute Gasteiger partial charge is 0.269 e. The molecule has 1 aromatic rings. The summed E-state index contributed by atoms with van der Waals surface area (Å²) in [7, 11) is 1.54. The molecule has 0 saturated heterocycles. The molecule has 0 unspecified atom stereocenters. The van der Waals surface area contributed by atoms with E-state index in [0.29, 0.717) is 11.3 Å². The largest absolute Gasteiger partial charge is 0.354 e. The van der Waals surface area contributed by atoms with Crippen molar-refractivity contribution in [2.24, 2.45) is 0 Å². The summed E-state index contributed by atoms with van der Waals surface area (Å²) in [4.78, 5) is 15.1. The normalized spacial score (nSPS) is 9.21. The molecular weight excluding hydrogens is 178 g/mol. The number of hydrogen-bond donors (Lipinski definition) is 2. The summed E-state index contributed by atoms with van der Waals surface area (Å²) in [5, 5.41) is 9.96. The molecule has 0 aliphatic heterocycles. The van der Waals surface area contributed by atoms with Crippen molar-refractivity contribution in [3.05, 3.63) is 42.2 Å². The van der Waals surface area contributed by atoms with Crippen LogP contribution in [0.15, 0.2) is 31.0 Å². The van der Waals surface area contributed by atoms with Crippen molar-refractivity contribution in [2.75, 3.05) is 7.05 Å². The molecule has 0 aliphatic rings. The number of amides is 1. The molecule has 1 heterocycles. The number of rotatable bonds is 3. The number of pyridine rings is 1. The molecule has 1 rings (SSSR count). The van der Waals surface area contributed by atoms with Gasteiger partial charge in [0, 0.05) is 18.8 Å². The molecule has 0 atom stereocenters. The van der Waals surface area contributed by atoms with Gasteiger partial charge in [-0.2, -0.15) is 0 Å². The highest BCUT2D eigenvalue weighted by Gasteiger charge is 2.06. The van der Waals surface area contributed by atoms with Crippen LogP contribution < -0.4 is 5.32 Å². The van der Waals surface area contributed by atoms with Gasteiger partial charge in [-0.25, -0.2) is 0 Å². The van der Waals surface area contributed by atoms with Gasteiger partial charge < -0.3 is 10.7 Å². The van der Waals surface area contributed by atoms with Crippen LogP contribution in [-0.2, 0) is 0 Å². The first-order valence-corrected chi connectivity index (χ1v) is 4.08. The van der Waals surface area contributed by atoms with E-state index < -0.39 is 0 Å². The van der Waals surface area contributed by atoms with Gasteiger partial charge >= 0.3 is 0 Å². The average molecular weight is 189 g/mol. The van der Waals surface area contributed by atoms with E-state index in [4.69, 9.17) is 5.41 Å². The van der Waals surface area contributed by atoms with E-state index in [0.717, 1.165) is 0 Å². The lowest BCUT2D eigenvalue weighted by Crippen LogP contribution is -2.19. The number of aromatic nitrogens is 1. The van der Waals surface area contributed by atoms with Gasteiger partial charge in [0.25, 0.3) is 5.91 Å². The van der Waals surface area contributed by atoms with Crippen LogP contribution in [0.5, 0.6) is 0 Å². The lowest BCUT2D eigenvalue weighted by Gasteiger charge is -2.01. The van der Waals surface area contributed by atoms with Crippen molar-refractivity contribution in [3.63, 3.8) is 0 Å². The Bertz CT molecular complexity index is 385. The zero-order valence-corrected chi connectivity index (χ0v) is 7.87. The summed E-state index contributed by atoms with van der Waals surface area (Å²) in [6.45, 7) is 3.49. The first-order valence-electron chi connectivity index (χ1n) is 4.08. The van der Waals surface area contributed by atoms with Crippen LogP contribution >= 0.6 is 0 Å². The van der Waals surface area contributed by atoms with Crippen molar-refractivity contribution in [1.29, 1.82) is 5.41 Å². The summed E-state index contributed by atoms with van der Waals surface area (Å²) in [6.07, 6.45) is 2.92. The predicted molar refractivity (Wildman–Crippen MR) is 54.7 cm³/mol. The van der Waals surface area contributed by atoms with Gasteiger partial charge in [0.15, 0.2) is 0 Å². The zero-order valence-electron chi connectivity index (χ0n) is 7.87. The number of carbonyl (C=O) groups is 1. The Morgan fingerprint density at radius 1 is 1.71 bits per heavy atom. The molecule has 4 nitrogen and oxygen atoms in total. The highest BCUT2D eigenvalue weighted by atomic mass is 16.1. The first kappa shape index (κ1) is 10.1. The number of hydrogen-bond acceptors (Lipinski definition) is 3. The molecule has 0 bridgehead atoms. The molecule has 0 fully saturated rings. The standard InChI is InChI=1S/C10H11N3O/c1-3-8(11)7-4-5-13-9(6-7)10(14)12-2/h3-6,11H,1H2,2H3,(H,12,14). The summed E-state index contributed by atoms with van der Waals surface area (Å²) < 4.78 is 0. The summed E-state index contributed by atoms with van der Waals surface area (Å²) >= 11 is 0. The van der Waals surface area contributed by atoms with Crippen LogP contribution in [-0.4, -0.2) is 23.7 Å². The fraction of sp³-hybridized carbons (Fsp3) is 0.100. The first-order chi connectivity index (χ1) is 6.69. The molecule has 0 aromatic carbocycles. The molecule has 14 heavy (non-hydrogen) atoms. The Hall–Kier alpha value is -1.97. The quantitative estimate of drug-likeness (QED) is 0.696. The van der Waals surface area contributed by atoms with Gasteiger partial charge in [-0.15, -0.1) is 0 Å². The number of allylic oxidation sites excluding steroid dienone is 1. The monoisotopic (exact) mass is 189 g/mol. The van der Waals surface area contributed by atoms with E-state index in [1.807, 2.05) is 0 Å². The third-order valence-corrected chi connectivity index (χ3v) is 1.73. The van der Waals surface area contributed by atoms with Crippen LogP contribution in [0.2, 0.25) is 0 Å². The highest BCUT2D eigenvalue weighted by Crippen LogP contribution is 2.03. The lowest BCUT2D eigenvalue weighted by atomic mass is 10.1. The van der Waals surface area contributed by atoms with Crippen LogP contribution in [0.1, 0.15) is 16.1 Å². The van der Waals surface area contributed by atoms with Crippen LogP contribution in [0.25, 0.3) is 0 Å². The molecule has 0 radical (unpaired) electrons. The van der Waals surface area contributed by atoms with Crippen LogP contribution in [0, 0.1) is 5.41 Å². The Balaban J connectivity index is 3.06. The van der Waals surface area contributed by atoms with Gasteiger partial charge in [0.05, 0.1) is 5.71 Å². The second-order valence-corrected chi connectivity index (χ2v) is 2.63. The van der Waals surface area contributed by atoms with Gasteiger partial charge in [0.1, 0.15) is 5.69 Å². The highest BCUT2D eigenvalue weighted by molar-refractivity contribution is 6.07. The second-order valence-electron chi connectivity index (χ2n) is 2.63. The lowest BCUT2D eigenvalue weighted by molar-refractivity contribution is 0.0958. The molecule has 0 aliphatic carbocycles. The van der Waals surface area contributed by atoms with Crippen molar-refractivity contribution >= 4 is 11.6 Å². The van der Waals surface area contributed by atoms with E-state index >= 15 is 0 Å². The molecule has 0 spiro atoms. The fourth-order valence-corrected chi connectivity index (χ4v) is 0.968. The van der Waals surface area contributed by atoms with Crippen LogP contribution in [0.3, 0.4) is 0 Å². The predicted octanol–water partition coefficient (Wildman–Crippen LogP) is 0.995. The number of carbonyl (C=O) groups excluding carboxylic acids is 1. The average Bonchev–Trinajstić information content (AvgIpc) is 2.27. The Labute approximate surface area is 82.2 Å². The Morgan fingerprint density at radius 2 is 2.43 bits per heavy atom. The molecule has 1 aromatic heterocycles. The minimum Gasteiger partial charge on any atom is -0.354 e. The maximum atomic E-state index is 11.2. The number of nitrogens with zero attached hydrogens (tertiary/aromatic N) is 1. The van der Waals surface area contributed by atoms with Crippen molar-refractivity contribution in [2.45, 2.75) is 0 Å². The Morgan fingerprint density at radius 3 is 3.00 bits per heavy atom. The molecule has 0 saturated carbocycles. The van der Waals surface area contributed by atoms with Crippen molar-refractivity contribution in [3.8, 4) is 0 Å². The summed E-state index contributed by atoms with van der Waals surface area (Å²) in [6, 6.07) is 3.22. The third-order valence-electron chi connectivity index (χ3n) is 1.73. The minimum absolute atomic E-state index is 0.260. The van der Waals surface area contributed by atoms with Gasteiger partial charge in [0.2, 0.25) is 0 Å². The van der Waals surface area contributed by atoms with Crippen molar-refractivity contribution < 1.29 is 4.79 Å². The summed E-state index contributed by atoms with van der Waals surface area (Å²) in [5.74, 6) is -0.260. The molecule has 2 N–H and O–H groups in total. The topological polar surface area (TPSA) is 65.8 Å². The van der Waals surface area contributed by atoms with E-state index in [1.54, 1.807) is 12.1 Å². The van der Waals surface area contributed by atoms with Gasteiger partial charge in [-0.1, -0.05) is 6.58 Å². The maximum Gasteiger partial charge on any atom is 0.269 e. The molecule has 1 amide bonds. The van der Waals surface area contributed by atoms with E-state index in [2.05, 4.69) is 16.9 Å². The van der Waals surface area contributed by atoms with E-state index in [-0.39, 0.29) is 11.6 Å². The molecule has 4 heteroatoms. The zero-order chi connectivity index (χ0) is 10.6. The Kier molecular flexibility index (Phi) is 3.12. The summed E-state index contributed by atoms with van der Waals surface area (Å²) in [5.41, 5.74) is 1.21. The van der Waals surface area contributed by atoms with Crippen molar-refractivity contribution in [1.82, 2.24) is 10.3 Å². The minimum atomic E-state index is -0.260. The third kappa shape index (κ3) is 2.04. The van der Waals surface area contributed by atoms with Crippen LogP contribution in [0.4, 0.5) is 0 Å². The van der Waals surface area contributed by atoms with E-state index in [1.165, 1.54) is 19.3 Å². The van der Waals surface area contributed by atoms with Gasteiger partial charge in [-0.05, 0) is 18.2 Å². The molecular formula is C10H11N3O. The second kappa shape index (κ2) is 4.32. The SMILES string of the molecule is C=CC(=N)c1ccnc(C(=O)NC)c1. The van der Waals surface area contributed by atoms with E-state index in [9.17, 15) is 4.79 Å².